The molecule has 0 fully saturated rings. The van der Waals surface area contributed by atoms with E-state index in [4.69, 9.17) is 85.3 Å². The number of carbonyl (C=O) groups is 1. The SMILES string of the molecule is COC(C)OC(C)OC(CCCCCCCC(C)C(=O)C(C)CCCCCCCC(OC(C)OC(C)OC)(OC(C)OC(C)OC)OC(C)OC(C)OC)(OC(C)OC(C)OC)OC(C)OC(C)OC. The second-order valence-electron chi connectivity index (χ2n) is 17.9. The van der Waals surface area contributed by atoms with E-state index in [1.807, 2.05) is 0 Å². The summed E-state index contributed by atoms with van der Waals surface area (Å²) in [4.78, 5) is 13.4. The van der Waals surface area contributed by atoms with Crippen molar-refractivity contribution >= 4 is 5.78 Å². The zero-order chi connectivity index (χ0) is 53.3. The largest absolute Gasteiger partial charge is 0.356 e. The maximum atomic E-state index is 13.4. The quantitative estimate of drug-likeness (QED) is 0.0414. The Bertz CT molecular complexity index is 1060. The molecule has 19 heteroatoms. The van der Waals surface area contributed by atoms with Gasteiger partial charge in [-0.3, -0.25) is 33.2 Å². The van der Waals surface area contributed by atoms with E-state index in [0.29, 0.717) is 31.5 Å². The number of ketones is 1. The minimum Gasteiger partial charge on any atom is -0.356 e. The van der Waals surface area contributed by atoms with Crippen LogP contribution < -0.4 is 0 Å². The smallest absolute Gasteiger partial charge is 0.289 e. The molecule has 0 saturated heterocycles. The molecule has 420 valence electrons. The van der Waals surface area contributed by atoms with Gasteiger partial charge in [-0.05, 0) is 109 Å². The monoisotopic (exact) mass is 1020 g/mol. The van der Waals surface area contributed by atoms with E-state index >= 15 is 0 Å². The summed E-state index contributed by atoms with van der Waals surface area (Å²) in [5.41, 5.74) is 0. The lowest BCUT2D eigenvalue weighted by Gasteiger charge is -2.39. The van der Waals surface area contributed by atoms with Gasteiger partial charge in [0.2, 0.25) is 0 Å². The van der Waals surface area contributed by atoms with Gasteiger partial charge in [0.1, 0.15) is 5.78 Å². The first-order chi connectivity index (χ1) is 33.0. The number of unbranched alkanes of at least 4 members (excludes halogenated alkanes) is 8. The number of carbonyl (C=O) groups excluding carboxylic acids is 1. The van der Waals surface area contributed by atoms with E-state index in [1.165, 1.54) is 0 Å². The lowest BCUT2D eigenvalue weighted by molar-refractivity contribution is -0.483. The van der Waals surface area contributed by atoms with Gasteiger partial charge in [0.15, 0.2) is 75.5 Å². The zero-order valence-corrected chi connectivity index (χ0v) is 47.2. The molecule has 0 aliphatic rings. The lowest BCUT2D eigenvalue weighted by atomic mass is 9.88. The molecule has 0 aliphatic heterocycles. The molecule has 0 N–H and O–H groups in total. The molecule has 19 nitrogen and oxygen atoms in total. The number of rotatable bonds is 48. The van der Waals surface area contributed by atoms with Crippen LogP contribution in [0.4, 0.5) is 0 Å². The van der Waals surface area contributed by atoms with Crippen LogP contribution in [0.1, 0.15) is 187 Å². The molecule has 0 bridgehead atoms. The standard InChI is InChI=1S/C51H102O19/c1-35(31-27-23-21-25-29-33-50(65-43(9)59-37(3)53-15,66-44(10)60-38(4)54-16)67-45(11)61-39(5)55-17)49(52)36(2)32-28-24-22-26-30-34-51(68-46(12)62-40(6)56-18,69-47(13)63-41(7)57-19)70-48(14)64-42(8)58-20/h35-48H,21-34H2,1-20H3. The van der Waals surface area contributed by atoms with E-state index in [0.717, 1.165) is 64.2 Å². The lowest BCUT2D eigenvalue weighted by Crippen LogP contribution is -2.48. The summed E-state index contributed by atoms with van der Waals surface area (Å²) in [5.74, 6) is -2.89. The fourth-order valence-corrected chi connectivity index (χ4v) is 7.57. The second-order valence-corrected chi connectivity index (χ2v) is 17.9. The summed E-state index contributed by atoms with van der Waals surface area (Å²) in [6.07, 6.45) is 3.59. The summed E-state index contributed by atoms with van der Waals surface area (Å²) in [6, 6.07) is 0. The highest BCUT2D eigenvalue weighted by atomic mass is 17.0. The summed E-state index contributed by atoms with van der Waals surface area (Å²) < 4.78 is 105. The molecule has 70 heavy (non-hydrogen) atoms. The Balaban J connectivity index is 5.35. The maximum absolute atomic E-state index is 13.4. The van der Waals surface area contributed by atoms with Crippen molar-refractivity contribution in [1.82, 2.24) is 0 Å². The first-order valence-electron chi connectivity index (χ1n) is 25.7. The average molecular weight is 1020 g/mol. The van der Waals surface area contributed by atoms with E-state index in [9.17, 15) is 4.79 Å². The molecule has 0 saturated carbocycles. The van der Waals surface area contributed by atoms with Crippen molar-refractivity contribution in [3.05, 3.63) is 0 Å². The number of methoxy groups -OCH3 is 6. The highest BCUT2D eigenvalue weighted by Gasteiger charge is 2.42. The number of hydrogen-bond acceptors (Lipinski definition) is 19. The van der Waals surface area contributed by atoms with Crippen molar-refractivity contribution in [2.24, 2.45) is 11.8 Å². The van der Waals surface area contributed by atoms with Gasteiger partial charge >= 0.3 is 0 Å². The molecule has 0 aromatic carbocycles. The second kappa shape index (κ2) is 39.4. The fourth-order valence-electron chi connectivity index (χ4n) is 7.57. The molecular formula is C51H102O19. The van der Waals surface area contributed by atoms with Gasteiger partial charge in [-0.15, -0.1) is 0 Å². The van der Waals surface area contributed by atoms with Crippen LogP contribution >= 0.6 is 0 Å². The van der Waals surface area contributed by atoms with Gasteiger partial charge in [-0.2, -0.15) is 0 Å². The zero-order valence-electron chi connectivity index (χ0n) is 47.2. The molecule has 0 spiro atoms. The Morgan fingerprint density at radius 2 is 0.471 bits per heavy atom. The first kappa shape index (κ1) is 69.0. The Hall–Kier alpha value is -1.05. The number of Topliss-reactive ketones (excluding diaryl/α,β-unsaturated/α-hetero) is 1. The fraction of sp³-hybridized carbons (Fsp3) is 0.980. The van der Waals surface area contributed by atoms with Crippen LogP contribution in [-0.2, 0) is 90.1 Å². The molecule has 0 rings (SSSR count). The molecule has 0 aliphatic carbocycles. The van der Waals surface area contributed by atoms with Crippen LogP contribution in [-0.4, -0.2) is 136 Å². The van der Waals surface area contributed by atoms with Crippen molar-refractivity contribution < 1.29 is 90.1 Å². The number of ether oxygens (including phenoxy) is 18. The summed E-state index contributed by atoms with van der Waals surface area (Å²) in [7, 11) is 9.32. The predicted octanol–water partition coefficient (Wildman–Crippen LogP) is 10.8. The number of hydrogen-bond donors (Lipinski definition) is 0. The molecule has 0 aromatic rings. The molecule has 0 radical (unpaired) electrons. The van der Waals surface area contributed by atoms with Gasteiger partial charge in [0.25, 0.3) is 11.9 Å². The average Bonchev–Trinajstić information content (AvgIpc) is 3.29. The van der Waals surface area contributed by atoms with E-state index in [1.54, 1.807) is 126 Å². The van der Waals surface area contributed by atoms with Crippen LogP contribution in [0.5, 0.6) is 0 Å². The summed E-state index contributed by atoms with van der Waals surface area (Å²) >= 11 is 0. The molecule has 0 heterocycles. The summed E-state index contributed by atoms with van der Waals surface area (Å²) in [6.45, 7) is 25.2. The van der Waals surface area contributed by atoms with Gasteiger partial charge < -0.3 is 56.8 Å². The normalized spacial score (nSPS) is 20.2. The minimum absolute atomic E-state index is 0.0105. The molecule has 14 unspecified atom stereocenters. The van der Waals surface area contributed by atoms with Crippen LogP contribution in [0, 0.1) is 11.8 Å². The van der Waals surface area contributed by atoms with Gasteiger partial charge in [0, 0.05) is 67.3 Å². The predicted molar refractivity (Wildman–Crippen MR) is 262 cm³/mol. The third kappa shape index (κ3) is 32.3. The van der Waals surface area contributed by atoms with E-state index in [2.05, 4.69) is 13.8 Å². The van der Waals surface area contributed by atoms with Crippen LogP contribution in [0.25, 0.3) is 0 Å². The molecule has 0 aromatic heterocycles. The molecule has 14 atom stereocenters. The Morgan fingerprint density at radius 3 is 0.671 bits per heavy atom. The van der Waals surface area contributed by atoms with Crippen molar-refractivity contribution in [2.75, 3.05) is 42.7 Å². The maximum Gasteiger partial charge on any atom is 0.289 e. The Morgan fingerprint density at radius 1 is 0.286 bits per heavy atom. The van der Waals surface area contributed by atoms with Crippen molar-refractivity contribution in [3.63, 3.8) is 0 Å². The highest BCUT2D eigenvalue weighted by molar-refractivity contribution is 5.82. The summed E-state index contributed by atoms with van der Waals surface area (Å²) in [5, 5.41) is 0. The van der Waals surface area contributed by atoms with Crippen molar-refractivity contribution in [2.45, 2.75) is 274 Å². The highest BCUT2D eigenvalue weighted by Crippen LogP contribution is 2.33. The molecule has 0 amide bonds. The van der Waals surface area contributed by atoms with Gasteiger partial charge in [-0.25, -0.2) is 0 Å². The van der Waals surface area contributed by atoms with Gasteiger partial charge in [-0.1, -0.05) is 65.2 Å². The van der Waals surface area contributed by atoms with Gasteiger partial charge in [0.05, 0.1) is 0 Å². The van der Waals surface area contributed by atoms with E-state index < -0.39 is 87.4 Å². The minimum atomic E-state index is -1.60. The third-order valence-corrected chi connectivity index (χ3v) is 11.6. The first-order valence-corrected chi connectivity index (χ1v) is 25.7. The topological polar surface area (TPSA) is 183 Å². The molecular weight excluding hydrogens is 917 g/mol. The Kier molecular flexibility index (Phi) is 38.8. The van der Waals surface area contributed by atoms with Crippen molar-refractivity contribution in [1.29, 1.82) is 0 Å². The van der Waals surface area contributed by atoms with E-state index in [-0.39, 0.29) is 11.8 Å². The van der Waals surface area contributed by atoms with Crippen LogP contribution in [0.3, 0.4) is 0 Å². The Labute approximate surface area is 423 Å². The third-order valence-electron chi connectivity index (χ3n) is 11.6. The van der Waals surface area contributed by atoms with Crippen LogP contribution in [0.2, 0.25) is 0 Å². The van der Waals surface area contributed by atoms with Crippen molar-refractivity contribution in [3.8, 4) is 0 Å². The van der Waals surface area contributed by atoms with Crippen LogP contribution in [0.15, 0.2) is 0 Å².